The number of H-pyrrole nitrogens is 1. The molecule has 0 atom stereocenters. The number of benzene rings is 1. The van der Waals surface area contributed by atoms with E-state index in [-0.39, 0.29) is 11.3 Å². The van der Waals surface area contributed by atoms with Crippen molar-refractivity contribution in [1.29, 1.82) is 0 Å². The summed E-state index contributed by atoms with van der Waals surface area (Å²) in [6.45, 7) is 2.89. The second kappa shape index (κ2) is 8.65. The number of nitrogens with one attached hydrogen (secondary N) is 2. The zero-order chi connectivity index (χ0) is 21.1. The molecule has 1 aliphatic rings. The fourth-order valence-electron chi connectivity index (χ4n) is 3.73. The molecule has 0 spiro atoms. The van der Waals surface area contributed by atoms with Crippen LogP contribution in [-0.2, 0) is 13.0 Å². The van der Waals surface area contributed by atoms with E-state index in [9.17, 15) is 14.4 Å². The molecule has 30 heavy (non-hydrogen) atoms. The monoisotopic (exact) mass is 406 g/mol. The van der Waals surface area contributed by atoms with Crippen molar-refractivity contribution in [3.63, 3.8) is 0 Å². The largest absolute Gasteiger partial charge is 0.352 e. The van der Waals surface area contributed by atoms with Gasteiger partial charge in [0.25, 0.3) is 11.5 Å². The first kappa shape index (κ1) is 20.1. The Morgan fingerprint density at radius 2 is 2.00 bits per heavy atom. The highest BCUT2D eigenvalue weighted by Crippen LogP contribution is 2.39. The normalized spacial score (nSPS) is 13.5. The number of nitrogens with zero attached hydrogens (tertiary/aromatic N) is 2. The summed E-state index contributed by atoms with van der Waals surface area (Å²) in [5, 5.41) is 3.12. The van der Waals surface area contributed by atoms with Crippen molar-refractivity contribution in [3.05, 3.63) is 74.1 Å². The quantitative estimate of drug-likeness (QED) is 0.562. The van der Waals surface area contributed by atoms with Crippen molar-refractivity contribution < 1.29 is 4.79 Å². The summed E-state index contributed by atoms with van der Waals surface area (Å²) in [5.74, 6) is -0.00643. The average molecular weight is 406 g/mol. The van der Waals surface area contributed by atoms with E-state index in [4.69, 9.17) is 0 Å². The number of aryl methyl sites for hydroxylation is 2. The van der Waals surface area contributed by atoms with E-state index >= 15 is 0 Å². The zero-order valence-electron chi connectivity index (χ0n) is 17.1. The van der Waals surface area contributed by atoms with Crippen LogP contribution in [0.1, 0.15) is 60.1 Å². The summed E-state index contributed by atoms with van der Waals surface area (Å²) in [4.78, 5) is 44.9. The van der Waals surface area contributed by atoms with E-state index in [1.807, 2.05) is 25.1 Å². The van der Waals surface area contributed by atoms with Gasteiger partial charge in [0.15, 0.2) is 5.65 Å². The first-order valence-corrected chi connectivity index (χ1v) is 10.6. The molecule has 1 fully saturated rings. The lowest BCUT2D eigenvalue weighted by Crippen LogP contribution is -2.33. The number of hydrogen-bond acceptors (Lipinski definition) is 4. The third-order valence-corrected chi connectivity index (χ3v) is 5.43. The van der Waals surface area contributed by atoms with Gasteiger partial charge in [-0.3, -0.25) is 19.1 Å². The Hall–Kier alpha value is -3.22. The summed E-state index contributed by atoms with van der Waals surface area (Å²) < 4.78 is 1.47. The summed E-state index contributed by atoms with van der Waals surface area (Å²) in [5.41, 5.74) is 1.57. The van der Waals surface area contributed by atoms with E-state index in [0.29, 0.717) is 30.2 Å². The van der Waals surface area contributed by atoms with E-state index in [0.717, 1.165) is 37.8 Å². The Kier molecular flexibility index (Phi) is 5.79. The molecule has 0 aliphatic heterocycles. The molecule has 1 aromatic carbocycles. The van der Waals surface area contributed by atoms with E-state index in [1.54, 1.807) is 6.07 Å². The summed E-state index contributed by atoms with van der Waals surface area (Å²) in [6.07, 6.45) is 4.40. The van der Waals surface area contributed by atoms with Gasteiger partial charge >= 0.3 is 5.69 Å². The average Bonchev–Trinajstić information content (AvgIpc) is 3.59. The zero-order valence-corrected chi connectivity index (χ0v) is 17.1. The minimum absolute atomic E-state index is 0.188. The van der Waals surface area contributed by atoms with Crippen molar-refractivity contribution >= 4 is 16.9 Å². The molecule has 7 nitrogen and oxygen atoms in total. The molecule has 1 saturated carbocycles. The van der Waals surface area contributed by atoms with Crippen LogP contribution in [0, 0.1) is 0 Å². The Labute approximate surface area is 174 Å². The molecule has 2 aromatic heterocycles. The number of carbonyl (C=O) groups is 1. The highest BCUT2D eigenvalue weighted by Gasteiger charge is 2.28. The predicted molar refractivity (Wildman–Crippen MR) is 116 cm³/mol. The molecular weight excluding hydrogens is 380 g/mol. The molecule has 4 rings (SSSR count). The SMILES string of the molecule is CCCn1c(=O)[nH]c(=O)c2c(C(=O)NCCCc3ccccc3)cc(C3CC3)nc21. The number of fused-ring (bicyclic) bond motifs is 1. The van der Waals surface area contributed by atoms with Crippen molar-refractivity contribution in [2.75, 3.05) is 6.54 Å². The van der Waals surface area contributed by atoms with Gasteiger partial charge in [-0.1, -0.05) is 37.3 Å². The van der Waals surface area contributed by atoms with Crippen molar-refractivity contribution in [3.8, 4) is 0 Å². The van der Waals surface area contributed by atoms with Gasteiger partial charge < -0.3 is 5.32 Å². The van der Waals surface area contributed by atoms with Gasteiger partial charge in [0, 0.05) is 24.7 Å². The van der Waals surface area contributed by atoms with Crippen LogP contribution in [0.4, 0.5) is 0 Å². The van der Waals surface area contributed by atoms with Crippen LogP contribution in [0.25, 0.3) is 11.0 Å². The van der Waals surface area contributed by atoms with Gasteiger partial charge in [-0.2, -0.15) is 0 Å². The van der Waals surface area contributed by atoms with Crippen LogP contribution in [0.2, 0.25) is 0 Å². The Morgan fingerprint density at radius 1 is 1.23 bits per heavy atom. The van der Waals surface area contributed by atoms with Gasteiger partial charge in [-0.25, -0.2) is 9.78 Å². The van der Waals surface area contributed by atoms with Gasteiger partial charge in [-0.05, 0) is 43.7 Å². The standard InChI is InChI=1S/C23H26N4O3/c1-2-13-27-20-19(22(29)26-23(27)30)17(14-18(25-20)16-10-11-16)21(28)24-12-6-9-15-7-4-3-5-8-15/h3-5,7-8,14,16H,2,6,9-13H2,1H3,(H,24,28)(H,26,29,30). The molecule has 0 radical (unpaired) electrons. The lowest BCUT2D eigenvalue weighted by atomic mass is 10.1. The molecule has 0 unspecified atom stereocenters. The third-order valence-electron chi connectivity index (χ3n) is 5.43. The minimum Gasteiger partial charge on any atom is -0.352 e. The number of aromatic nitrogens is 3. The second-order valence-electron chi connectivity index (χ2n) is 7.82. The molecule has 1 amide bonds. The Morgan fingerprint density at radius 3 is 2.70 bits per heavy atom. The molecule has 3 aromatic rings. The first-order chi connectivity index (χ1) is 14.6. The molecule has 0 bridgehead atoms. The topological polar surface area (TPSA) is 96.9 Å². The Balaban J connectivity index is 1.63. The maximum Gasteiger partial charge on any atom is 0.329 e. The van der Waals surface area contributed by atoms with Crippen LogP contribution < -0.4 is 16.6 Å². The first-order valence-electron chi connectivity index (χ1n) is 10.6. The second-order valence-corrected chi connectivity index (χ2v) is 7.82. The number of rotatable bonds is 8. The minimum atomic E-state index is -0.563. The van der Waals surface area contributed by atoms with E-state index in [1.165, 1.54) is 10.1 Å². The summed E-state index contributed by atoms with van der Waals surface area (Å²) in [7, 11) is 0. The molecular formula is C23H26N4O3. The smallest absolute Gasteiger partial charge is 0.329 e. The van der Waals surface area contributed by atoms with Crippen LogP contribution in [0.5, 0.6) is 0 Å². The maximum atomic E-state index is 13.0. The highest BCUT2D eigenvalue weighted by atomic mass is 16.2. The highest BCUT2D eigenvalue weighted by molar-refractivity contribution is 6.05. The van der Waals surface area contributed by atoms with Crippen LogP contribution in [-0.4, -0.2) is 27.0 Å². The summed E-state index contributed by atoms with van der Waals surface area (Å²) in [6, 6.07) is 11.8. The van der Waals surface area contributed by atoms with Crippen LogP contribution in [0.3, 0.4) is 0 Å². The van der Waals surface area contributed by atoms with E-state index < -0.39 is 11.2 Å². The number of amides is 1. The van der Waals surface area contributed by atoms with Gasteiger partial charge in [0.1, 0.15) is 0 Å². The van der Waals surface area contributed by atoms with Gasteiger partial charge in [-0.15, -0.1) is 0 Å². The number of pyridine rings is 1. The molecule has 2 N–H and O–H groups in total. The molecule has 0 saturated heterocycles. The van der Waals surface area contributed by atoms with Gasteiger partial charge in [0.05, 0.1) is 10.9 Å². The molecule has 1 aliphatic carbocycles. The predicted octanol–water partition coefficient (Wildman–Crippen LogP) is 2.73. The molecule has 7 heteroatoms. The van der Waals surface area contributed by atoms with E-state index in [2.05, 4.69) is 27.4 Å². The van der Waals surface area contributed by atoms with Crippen molar-refractivity contribution in [1.82, 2.24) is 19.9 Å². The molecule has 2 heterocycles. The number of hydrogen-bond donors (Lipinski definition) is 2. The third kappa shape index (κ3) is 4.20. The number of aromatic amines is 1. The number of carbonyl (C=O) groups excluding carboxylic acids is 1. The fourth-order valence-corrected chi connectivity index (χ4v) is 3.73. The fraction of sp³-hybridized carbons (Fsp3) is 0.391. The van der Waals surface area contributed by atoms with Crippen LogP contribution in [0.15, 0.2) is 46.0 Å². The lowest BCUT2D eigenvalue weighted by Gasteiger charge is -2.13. The van der Waals surface area contributed by atoms with Crippen molar-refractivity contribution in [2.24, 2.45) is 0 Å². The molecule has 156 valence electrons. The lowest BCUT2D eigenvalue weighted by molar-refractivity contribution is 0.0954. The van der Waals surface area contributed by atoms with Gasteiger partial charge in [0.2, 0.25) is 0 Å². The van der Waals surface area contributed by atoms with Crippen LogP contribution >= 0.6 is 0 Å². The van der Waals surface area contributed by atoms with Crippen molar-refractivity contribution in [2.45, 2.75) is 51.5 Å². The maximum absolute atomic E-state index is 13.0. The Bertz CT molecular complexity index is 1180. The summed E-state index contributed by atoms with van der Waals surface area (Å²) >= 11 is 0.